The molecule has 2 aromatic rings. The minimum Gasteiger partial charge on any atom is -0.354 e. The first kappa shape index (κ1) is 36.4. The molecule has 0 aliphatic heterocycles. The standard InChI is InChI=1S/C27H21F13N2O2/c1-14(2)42-20(43)11-19(16-7-9-18(10-8-16)21(44)17-5-3-15(13-41)4-6-17)12-22(28,29)23(30,31)24(32,33)25(34,35)26(36,37)27(38,39)40/h3-10,14,19H,11-12H2,1-2H3,(H,42,43). The van der Waals surface area contributed by atoms with E-state index in [1.165, 1.54) is 38.1 Å². The first-order chi connectivity index (χ1) is 19.8. The van der Waals surface area contributed by atoms with Crippen molar-refractivity contribution in [2.45, 2.75) is 74.4 Å². The van der Waals surface area contributed by atoms with Crippen LogP contribution in [0.15, 0.2) is 48.5 Å². The summed E-state index contributed by atoms with van der Waals surface area (Å²) >= 11 is 0. The number of carbonyl (C=O) groups excluding carboxylic acids is 2. The highest BCUT2D eigenvalue weighted by Gasteiger charge is 2.90. The third-order valence-corrected chi connectivity index (χ3v) is 6.30. The maximum atomic E-state index is 14.8. The van der Waals surface area contributed by atoms with Crippen LogP contribution in [0.2, 0.25) is 0 Å². The molecule has 0 aliphatic carbocycles. The highest BCUT2D eigenvalue weighted by Crippen LogP contribution is 2.61. The molecule has 0 heterocycles. The van der Waals surface area contributed by atoms with Crippen molar-refractivity contribution in [1.82, 2.24) is 5.32 Å². The number of hydrogen-bond donors (Lipinski definition) is 1. The zero-order valence-electron chi connectivity index (χ0n) is 22.4. The summed E-state index contributed by atoms with van der Waals surface area (Å²) in [4.78, 5) is 25.0. The topological polar surface area (TPSA) is 70.0 Å². The quantitative estimate of drug-likeness (QED) is 0.187. The number of amides is 1. The first-order valence-corrected chi connectivity index (χ1v) is 12.2. The summed E-state index contributed by atoms with van der Waals surface area (Å²) in [5.41, 5.74) is -0.426. The minimum atomic E-state index is -8.04. The van der Waals surface area contributed by atoms with Gasteiger partial charge < -0.3 is 5.32 Å². The van der Waals surface area contributed by atoms with Gasteiger partial charge in [-0.2, -0.15) is 62.3 Å². The van der Waals surface area contributed by atoms with Gasteiger partial charge in [0.2, 0.25) is 5.91 Å². The highest BCUT2D eigenvalue weighted by atomic mass is 19.4. The Labute approximate surface area is 240 Å². The lowest BCUT2D eigenvalue weighted by Gasteiger charge is -2.40. The van der Waals surface area contributed by atoms with Gasteiger partial charge in [0.1, 0.15) is 0 Å². The van der Waals surface area contributed by atoms with Crippen LogP contribution in [-0.2, 0) is 4.79 Å². The van der Waals surface area contributed by atoms with E-state index in [9.17, 15) is 66.7 Å². The number of benzene rings is 2. The van der Waals surface area contributed by atoms with E-state index < -0.39 is 77.8 Å². The molecule has 2 aromatic carbocycles. The number of halogens is 13. The lowest BCUT2D eigenvalue weighted by atomic mass is 9.84. The van der Waals surface area contributed by atoms with Gasteiger partial charge in [-0.3, -0.25) is 9.59 Å². The summed E-state index contributed by atoms with van der Waals surface area (Å²) in [5, 5.41) is 11.0. The molecule has 0 radical (unpaired) electrons. The fourth-order valence-electron chi connectivity index (χ4n) is 3.92. The molecule has 44 heavy (non-hydrogen) atoms. The van der Waals surface area contributed by atoms with Crippen LogP contribution in [-0.4, -0.2) is 53.5 Å². The molecule has 0 bridgehead atoms. The van der Waals surface area contributed by atoms with Crippen molar-refractivity contribution < 1.29 is 66.7 Å². The van der Waals surface area contributed by atoms with Crippen LogP contribution >= 0.6 is 0 Å². The second kappa shape index (κ2) is 12.3. The zero-order valence-corrected chi connectivity index (χ0v) is 22.4. The molecule has 1 atom stereocenters. The van der Waals surface area contributed by atoms with Gasteiger partial charge in [0.05, 0.1) is 11.6 Å². The molecule has 0 saturated heterocycles. The van der Waals surface area contributed by atoms with E-state index >= 15 is 0 Å². The van der Waals surface area contributed by atoms with Crippen molar-refractivity contribution in [3.8, 4) is 6.07 Å². The predicted molar refractivity (Wildman–Crippen MR) is 127 cm³/mol. The van der Waals surface area contributed by atoms with E-state index in [2.05, 4.69) is 5.32 Å². The van der Waals surface area contributed by atoms with E-state index in [0.29, 0.717) is 0 Å². The summed E-state index contributed by atoms with van der Waals surface area (Å²) in [6.45, 7) is 2.76. The molecule has 242 valence electrons. The van der Waals surface area contributed by atoms with Crippen LogP contribution in [0, 0.1) is 11.3 Å². The van der Waals surface area contributed by atoms with E-state index in [1.807, 2.05) is 0 Å². The Morgan fingerprint density at radius 2 is 1.14 bits per heavy atom. The van der Waals surface area contributed by atoms with Crippen LogP contribution in [0.3, 0.4) is 0 Å². The average molecular weight is 652 g/mol. The monoisotopic (exact) mass is 652 g/mol. The molecule has 0 fully saturated rings. The number of rotatable bonds is 12. The molecule has 2 rings (SSSR count). The Bertz CT molecular complexity index is 1380. The molecule has 1 unspecified atom stereocenters. The fraction of sp³-hybridized carbons (Fsp3) is 0.444. The number of hydrogen-bond acceptors (Lipinski definition) is 3. The van der Waals surface area contributed by atoms with Crippen molar-refractivity contribution in [3.63, 3.8) is 0 Å². The predicted octanol–water partition coefficient (Wildman–Crippen LogP) is 7.92. The number of nitrogens with zero attached hydrogens (tertiary/aromatic N) is 1. The summed E-state index contributed by atoms with van der Waals surface area (Å²) in [7, 11) is 0. The average Bonchev–Trinajstić information content (AvgIpc) is 2.90. The second-order valence-electron chi connectivity index (χ2n) is 9.97. The van der Waals surface area contributed by atoms with Crippen molar-refractivity contribution in [1.29, 1.82) is 5.26 Å². The SMILES string of the molecule is CC(C)NC(=O)CC(CC(F)(F)C(F)(F)C(F)(F)C(F)(F)C(F)(F)C(F)(F)F)c1ccc(C(=O)c2ccc(C#N)cc2)cc1. The summed E-state index contributed by atoms with van der Waals surface area (Å²) in [5.74, 6) is -41.8. The lowest BCUT2D eigenvalue weighted by Crippen LogP contribution is -2.70. The number of ketones is 1. The minimum absolute atomic E-state index is 0.0367. The third kappa shape index (κ3) is 6.78. The summed E-state index contributed by atoms with van der Waals surface area (Å²) < 4.78 is 177. The molecule has 4 nitrogen and oxygen atoms in total. The van der Waals surface area contributed by atoms with Crippen molar-refractivity contribution in [2.24, 2.45) is 0 Å². The Morgan fingerprint density at radius 1 is 0.705 bits per heavy atom. The van der Waals surface area contributed by atoms with Gasteiger partial charge in [-0.15, -0.1) is 0 Å². The number of carbonyl (C=O) groups is 2. The van der Waals surface area contributed by atoms with E-state index in [-0.39, 0.29) is 16.7 Å². The molecular formula is C27H21F13N2O2. The van der Waals surface area contributed by atoms with Gasteiger partial charge in [-0.05, 0) is 49.6 Å². The summed E-state index contributed by atoms with van der Waals surface area (Å²) in [6.07, 6.45) is -11.3. The number of nitriles is 1. The van der Waals surface area contributed by atoms with Gasteiger partial charge in [0.15, 0.2) is 5.78 Å². The highest BCUT2D eigenvalue weighted by molar-refractivity contribution is 6.09. The molecule has 0 spiro atoms. The molecule has 17 heteroatoms. The first-order valence-electron chi connectivity index (χ1n) is 12.2. The fourth-order valence-corrected chi connectivity index (χ4v) is 3.92. The molecule has 0 aromatic heterocycles. The van der Waals surface area contributed by atoms with Crippen LogP contribution in [0.1, 0.15) is 59.7 Å². The Kier molecular flexibility index (Phi) is 10.1. The van der Waals surface area contributed by atoms with Gasteiger partial charge in [-0.25, -0.2) is 0 Å². The van der Waals surface area contributed by atoms with Gasteiger partial charge in [0.25, 0.3) is 0 Å². The zero-order chi connectivity index (χ0) is 34.1. The van der Waals surface area contributed by atoms with Crippen molar-refractivity contribution >= 4 is 11.7 Å². The maximum absolute atomic E-state index is 14.8. The normalized spacial score (nSPS) is 14.2. The van der Waals surface area contributed by atoms with E-state index in [0.717, 1.165) is 24.3 Å². The second-order valence-corrected chi connectivity index (χ2v) is 9.97. The lowest BCUT2D eigenvalue weighted by molar-refractivity contribution is -0.440. The van der Waals surface area contributed by atoms with E-state index in [1.54, 1.807) is 6.07 Å². The number of nitrogens with one attached hydrogen (secondary N) is 1. The molecule has 0 saturated carbocycles. The molecule has 1 amide bonds. The van der Waals surface area contributed by atoms with Crippen molar-refractivity contribution in [2.75, 3.05) is 0 Å². The smallest absolute Gasteiger partial charge is 0.354 e. The largest absolute Gasteiger partial charge is 0.460 e. The van der Waals surface area contributed by atoms with Crippen LogP contribution in [0.4, 0.5) is 57.1 Å². The summed E-state index contributed by atoms with van der Waals surface area (Å²) in [6, 6.07) is 9.80. The maximum Gasteiger partial charge on any atom is 0.460 e. The van der Waals surface area contributed by atoms with Gasteiger partial charge in [0, 0.05) is 30.0 Å². The van der Waals surface area contributed by atoms with Crippen LogP contribution in [0.5, 0.6) is 0 Å². The Morgan fingerprint density at radius 3 is 1.55 bits per heavy atom. The van der Waals surface area contributed by atoms with Gasteiger partial charge in [-0.1, -0.05) is 24.3 Å². The van der Waals surface area contributed by atoms with Crippen LogP contribution < -0.4 is 5.32 Å². The van der Waals surface area contributed by atoms with Gasteiger partial charge >= 0.3 is 35.8 Å². The Balaban J connectivity index is 2.51. The van der Waals surface area contributed by atoms with E-state index in [4.69, 9.17) is 5.26 Å². The molecule has 1 N–H and O–H groups in total. The Hall–Kier alpha value is -3.84. The molecule has 0 aliphatic rings. The third-order valence-electron chi connectivity index (χ3n) is 6.30. The van der Waals surface area contributed by atoms with Crippen molar-refractivity contribution in [3.05, 3.63) is 70.8 Å². The van der Waals surface area contributed by atoms with Crippen LogP contribution in [0.25, 0.3) is 0 Å². The molecular weight excluding hydrogens is 631 g/mol. The number of alkyl halides is 13.